The van der Waals surface area contributed by atoms with E-state index in [4.69, 9.17) is 9.47 Å². The Hall–Kier alpha value is -3.52. The van der Waals surface area contributed by atoms with Gasteiger partial charge in [0.05, 0.1) is 7.11 Å². The highest BCUT2D eigenvalue weighted by Crippen LogP contribution is 2.29. The highest BCUT2D eigenvalue weighted by Gasteiger charge is 2.14. The molecule has 2 aromatic rings. The van der Waals surface area contributed by atoms with Crippen LogP contribution in [0.5, 0.6) is 11.5 Å². The molecule has 5 nitrogen and oxygen atoms in total. The zero-order valence-electron chi connectivity index (χ0n) is 16.6. The van der Waals surface area contributed by atoms with Gasteiger partial charge in [-0.25, -0.2) is 0 Å². The Bertz CT molecular complexity index is 945. The molecule has 0 aliphatic carbocycles. The van der Waals surface area contributed by atoms with E-state index in [1.165, 1.54) is 13.2 Å². The molecule has 0 fully saturated rings. The third-order valence-electron chi connectivity index (χ3n) is 4.14. The fourth-order valence-electron chi connectivity index (χ4n) is 2.92. The Kier molecular flexibility index (Phi) is 7.00. The summed E-state index contributed by atoms with van der Waals surface area (Å²) in [6.07, 6.45) is 3.16. The summed E-state index contributed by atoms with van der Waals surface area (Å²) in [6.45, 7) is 9.83. The van der Waals surface area contributed by atoms with E-state index < -0.39 is 5.91 Å². The van der Waals surface area contributed by atoms with Crippen LogP contribution in [0.3, 0.4) is 0 Å². The molecule has 0 atom stereocenters. The SMILES string of the molecule is C=CCOc1ccc(/C=C(\C#N)C(=O)Nc2c(C)cc(C)cc2C)cc1OC. The maximum Gasteiger partial charge on any atom is 0.266 e. The van der Waals surface area contributed by atoms with Crippen LogP contribution in [0.4, 0.5) is 5.69 Å². The normalized spacial score (nSPS) is 10.8. The van der Waals surface area contributed by atoms with Crippen LogP contribution >= 0.6 is 0 Å². The van der Waals surface area contributed by atoms with Gasteiger partial charge in [0, 0.05) is 5.69 Å². The molecule has 0 radical (unpaired) electrons. The molecule has 0 heterocycles. The minimum absolute atomic E-state index is 0.00110. The van der Waals surface area contributed by atoms with E-state index in [1.807, 2.05) is 39.0 Å². The van der Waals surface area contributed by atoms with Crippen LogP contribution in [0.1, 0.15) is 22.3 Å². The summed E-state index contributed by atoms with van der Waals surface area (Å²) in [5, 5.41) is 12.3. The number of anilines is 1. The lowest BCUT2D eigenvalue weighted by molar-refractivity contribution is -0.112. The van der Waals surface area contributed by atoms with Gasteiger partial charge in [-0.2, -0.15) is 5.26 Å². The third-order valence-corrected chi connectivity index (χ3v) is 4.14. The maximum atomic E-state index is 12.6. The number of nitrogens with zero attached hydrogens (tertiary/aromatic N) is 1. The van der Waals surface area contributed by atoms with Crippen molar-refractivity contribution in [1.82, 2.24) is 0 Å². The van der Waals surface area contributed by atoms with Gasteiger partial charge in [-0.1, -0.05) is 36.4 Å². The highest BCUT2D eigenvalue weighted by molar-refractivity contribution is 6.10. The van der Waals surface area contributed by atoms with Crippen molar-refractivity contribution < 1.29 is 14.3 Å². The Labute approximate surface area is 165 Å². The molecule has 0 aliphatic heterocycles. The predicted octanol–water partition coefficient (Wildman–Crippen LogP) is 4.73. The first-order valence-corrected chi connectivity index (χ1v) is 8.82. The van der Waals surface area contributed by atoms with Crippen molar-refractivity contribution in [3.05, 3.63) is 70.8 Å². The van der Waals surface area contributed by atoms with Gasteiger partial charge in [-0.05, 0) is 55.7 Å². The van der Waals surface area contributed by atoms with Crippen molar-refractivity contribution in [2.75, 3.05) is 19.0 Å². The first kappa shape index (κ1) is 20.8. The molecule has 5 heteroatoms. The molecule has 0 bridgehead atoms. The Balaban J connectivity index is 2.29. The molecular weight excluding hydrogens is 352 g/mol. The summed E-state index contributed by atoms with van der Waals surface area (Å²) in [5.41, 5.74) is 4.41. The number of methoxy groups -OCH3 is 1. The number of nitrogens with one attached hydrogen (secondary N) is 1. The monoisotopic (exact) mass is 376 g/mol. The van der Waals surface area contributed by atoms with Crippen LogP contribution in [0.2, 0.25) is 0 Å². The smallest absolute Gasteiger partial charge is 0.266 e. The largest absolute Gasteiger partial charge is 0.493 e. The molecule has 0 spiro atoms. The van der Waals surface area contributed by atoms with Gasteiger partial charge in [-0.3, -0.25) is 4.79 Å². The van der Waals surface area contributed by atoms with Gasteiger partial charge >= 0.3 is 0 Å². The fraction of sp³-hybridized carbons (Fsp3) is 0.217. The van der Waals surface area contributed by atoms with E-state index in [2.05, 4.69) is 11.9 Å². The Morgan fingerprint density at radius 3 is 2.43 bits per heavy atom. The van der Waals surface area contributed by atoms with Crippen molar-refractivity contribution in [3.63, 3.8) is 0 Å². The Morgan fingerprint density at radius 2 is 1.86 bits per heavy atom. The van der Waals surface area contributed by atoms with Crippen molar-refractivity contribution in [1.29, 1.82) is 5.26 Å². The van der Waals surface area contributed by atoms with Crippen molar-refractivity contribution >= 4 is 17.7 Å². The number of carbonyl (C=O) groups is 1. The number of hydrogen-bond acceptors (Lipinski definition) is 4. The molecule has 1 amide bonds. The second-order valence-electron chi connectivity index (χ2n) is 6.41. The van der Waals surface area contributed by atoms with Crippen LogP contribution in [0.15, 0.2) is 48.6 Å². The average molecular weight is 376 g/mol. The van der Waals surface area contributed by atoms with Gasteiger partial charge in [0.2, 0.25) is 0 Å². The number of aryl methyl sites for hydroxylation is 3. The van der Waals surface area contributed by atoms with Crippen LogP contribution in [-0.2, 0) is 4.79 Å². The molecular formula is C23H24N2O3. The fourth-order valence-corrected chi connectivity index (χ4v) is 2.92. The number of amides is 1. The molecule has 0 unspecified atom stereocenters. The molecule has 1 N–H and O–H groups in total. The van der Waals surface area contributed by atoms with E-state index in [9.17, 15) is 10.1 Å². The van der Waals surface area contributed by atoms with E-state index in [0.29, 0.717) is 23.7 Å². The molecule has 0 saturated heterocycles. The van der Waals surface area contributed by atoms with Crippen LogP contribution < -0.4 is 14.8 Å². The van der Waals surface area contributed by atoms with Gasteiger partial charge in [0.1, 0.15) is 18.2 Å². The molecule has 0 saturated carbocycles. The number of carbonyl (C=O) groups excluding carboxylic acids is 1. The number of rotatable bonds is 7. The summed E-state index contributed by atoms with van der Waals surface area (Å²) in [5.74, 6) is 0.621. The molecule has 0 aromatic heterocycles. The molecule has 28 heavy (non-hydrogen) atoms. The quantitative estimate of drug-likeness (QED) is 0.431. The van der Waals surface area contributed by atoms with Gasteiger partial charge < -0.3 is 14.8 Å². The second-order valence-corrected chi connectivity index (χ2v) is 6.41. The standard InChI is InChI=1S/C23H24N2O3/c1-6-9-28-20-8-7-18(13-21(20)27-5)12-19(14-24)23(26)25-22-16(3)10-15(2)11-17(22)4/h6-8,10-13H,1,9H2,2-5H3,(H,25,26)/b19-12+. The maximum absolute atomic E-state index is 12.6. The number of nitriles is 1. The summed E-state index contributed by atoms with van der Waals surface area (Å²) in [7, 11) is 1.53. The van der Waals surface area contributed by atoms with Gasteiger partial charge in [0.15, 0.2) is 11.5 Å². The number of benzene rings is 2. The lowest BCUT2D eigenvalue weighted by atomic mass is 10.0. The van der Waals surface area contributed by atoms with Crippen molar-refractivity contribution in [2.45, 2.75) is 20.8 Å². The average Bonchev–Trinajstić information content (AvgIpc) is 2.67. The highest BCUT2D eigenvalue weighted by atomic mass is 16.5. The van der Waals surface area contributed by atoms with E-state index in [1.54, 1.807) is 24.3 Å². The zero-order valence-corrected chi connectivity index (χ0v) is 16.6. The lowest BCUT2D eigenvalue weighted by Gasteiger charge is -2.13. The molecule has 0 aliphatic rings. The first-order valence-electron chi connectivity index (χ1n) is 8.82. The van der Waals surface area contributed by atoms with E-state index in [-0.39, 0.29) is 5.57 Å². The lowest BCUT2D eigenvalue weighted by Crippen LogP contribution is -2.15. The van der Waals surface area contributed by atoms with Crippen molar-refractivity contribution in [2.24, 2.45) is 0 Å². The summed E-state index contributed by atoms with van der Waals surface area (Å²) < 4.78 is 10.8. The van der Waals surface area contributed by atoms with Gasteiger partial charge in [-0.15, -0.1) is 0 Å². The van der Waals surface area contributed by atoms with Crippen LogP contribution in [-0.4, -0.2) is 19.6 Å². The minimum Gasteiger partial charge on any atom is -0.493 e. The second kappa shape index (κ2) is 9.43. The predicted molar refractivity (Wildman–Crippen MR) is 112 cm³/mol. The van der Waals surface area contributed by atoms with E-state index >= 15 is 0 Å². The van der Waals surface area contributed by atoms with E-state index in [0.717, 1.165) is 22.4 Å². The molecule has 144 valence electrons. The molecule has 2 aromatic carbocycles. The molecule has 2 rings (SSSR count). The summed E-state index contributed by atoms with van der Waals surface area (Å²) in [4.78, 5) is 12.6. The third kappa shape index (κ3) is 5.01. The minimum atomic E-state index is -0.455. The topological polar surface area (TPSA) is 71.3 Å². The number of hydrogen-bond donors (Lipinski definition) is 1. The van der Waals surface area contributed by atoms with Crippen LogP contribution in [0, 0.1) is 32.1 Å². The zero-order chi connectivity index (χ0) is 20.7. The van der Waals surface area contributed by atoms with Gasteiger partial charge in [0.25, 0.3) is 5.91 Å². The Morgan fingerprint density at radius 1 is 1.18 bits per heavy atom. The number of ether oxygens (including phenoxy) is 2. The van der Waals surface area contributed by atoms with Crippen LogP contribution in [0.25, 0.3) is 6.08 Å². The first-order chi connectivity index (χ1) is 13.4. The summed E-state index contributed by atoms with van der Waals surface area (Å²) in [6, 6.07) is 11.2. The summed E-state index contributed by atoms with van der Waals surface area (Å²) >= 11 is 0. The van der Waals surface area contributed by atoms with Crippen molar-refractivity contribution in [3.8, 4) is 17.6 Å².